The Bertz CT molecular complexity index is 1230. The predicted molar refractivity (Wildman–Crippen MR) is 145 cm³/mol. The lowest BCUT2D eigenvalue weighted by atomic mass is 10.1. The summed E-state index contributed by atoms with van der Waals surface area (Å²) in [4.78, 5) is 17.0. The van der Waals surface area contributed by atoms with Gasteiger partial charge in [-0.25, -0.2) is 0 Å². The predicted octanol–water partition coefficient (Wildman–Crippen LogP) is 5.81. The Kier molecular flexibility index (Phi) is 9.00. The summed E-state index contributed by atoms with van der Waals surface area (Å²) in [5.74, 6) is 2.35. The molecule has 0 unspecified atom stereocenters. The van der Waals surface area contributed by atoms with Crippen LogP contribution in [-0.4, -0.2) is 43.5 Å². The van der Waals surface area contributed by atoms with Gasteiger partial charge in [0.15, 0.2) is 17.3 Å². The number of benzene rings is 3. The molecule has 6 heteroatoms. The number of carbonyl (C=O) groups is 1. The highest BCUT2D eigenvalue weighted by Gasteiger charge is 2.18. The maximum atomic E-state index is 13.0. The molecule has 4 aromatic rings. The molecule has 1 heterocycles. The van der Waals surface area contributed by atoms with Crippen LogP contribution in [0.1, 0.15) is 33.0 Å². The van der Waals surface area contributed by atoms with Crippen molar-refractivity contribution in [1.82, 2.24) is 9.80 Å². The van der Waals surface area contributed by atoms with Gasteiger partial charge in [0.25, 0.3) is 5.91 Å². The van der Waals surface area contributed by atoms with Crippen LogP contribution in [0.4, 0.5) is 0 Å². The third-order valence-corrected chi connectivity index (χ3v) is 6.28. The summed E-state index contributed by atoms with van der Waals surface area (Å²) >= 11 is 0. The Labute approximate surface area is 219 Å². The maximum absolute atomic E-state index is 13.0. The van der Waals surface area contributed by atoms with Crippen molar-refractivity contribution in [3.8, 4) is 11.5 Å². The molecule has 192 valence electrons. The standard InChI is InChI=1S/C31H34N2O4/c1-32(19-18-24-14-16-28(35-2)30(20-24)36-3)31(34)29-17-15-27(37-29)23-33(21-25-10-6-4-7-11-25)22-26-12-8-5-9-13-26/h4-17,20H,18-19,21-23H2,1-3H3. The normalized spacial score (nSPS) is 10.9. The first-order valence-electron chi connectivity index (χ1n) is 12.4. The van der Waals surface area contributed by atoms with E-state index < -0.39 is 0 Å². The number of methoxy groups -OCH3 is 2. The van der Waals surface area contributed by atoms with E-state index in [9.17, 15) is 4.79 Å². The zero-order chi connectivity index (χ0) is 26.0. The molecule has 0 aliphatic carbocycles. The van der Waals surface area contributed by atoms with Gasteiger partial charge in [-0.05, 0) is 47.4 Å². The van der Waals surface area contributed by atoms with Gasteiger partial charge >= 0.3 is 0 Å². The van der Waals surface area contributed by atoms with Gasteiger partial charge in [-0.2, -0.15) is 0 Å². The van der Waals surface area contributed by atoms with E-state index in [1.807, 2.05) is 36.4 Å². The van der Waals surface area contributed by atoms with Crippen molar-refractivity contribution in [3.63, 3.8) is 0 Å². The van der Waals surface area contributed by atoms with Crippen LogP contribution in [0.2, 0.25) is 0 Å². The molecule has 0 atom stereocenters. The highest BCUT2D eigenvalue weighted by Crippen LogP contribution is 2.27. The summed E-state index contributed by atoms with van der Waals surface area (Å²) in [6.07, 6.45) is 0.693. The van der Waals surface area contributed by atoms with E-state index in [0.717, 1.165) is 24.4 Å². The first kappa shape index (κ1) is 26.0. The van der Waals surface area contributed by atoms with Gasteiger partial charge in [-0.15, -0.1) is 0 Å². The molecular weight excluding hydrogens is 464 g/mol. The molecule has 0 bridgehead atoms. The van der Waals surface area contributed by atoms with Crippen LogP contribution in [0.25, 0.3) is 0 Å². The highest BCUT2D eigenvalue weighted by atomic mass is 16.5. The summed E-state index contributed by atoms with van der Waals surface area (Å²) in [7, 11) is 5.03. The highest BCUT2D eigenvalue weighted by molar-refractivity contribution is 5.91. The lowest BCUT2D eigenvalue weighted by Crippen LogP contribution is -2.28. The molecule has 6 nitrogen and oxygen atoms in total. The number of amides is 1. The van der Waals surface area contributed by atoms with Crippen LogP contribution < -0.4 is 9.47 Å². The third kappa shape index (κ3) is 7.24. The average molecular weight is 499 g/mol. The van der Waals surface area contributed by atoms with E-state index in [1.165, 1.54) is 11.1 Å². The van der Waals surface area contributed by atoms with Gasteiger partial charge in [-0.1, -0.05) is 66.7 Å². The molecule has 1 amide bonds. The van der Waals surface area contributed by atoms with Crippen molar-refractivity contribution >= 4 is 5.91 Å². The lowest BCUT2D eigenvalue weighted by molar-refractivity contribution is 0.0760. The van der Waals surface area contributed by atoms with Gasteiger partial charge in [-0.3, -0.25) is 9.69 Å². The van der Waals surface area contributed by atoms with Gasteiger partial charge in [0.1, 0.15) is 5.76 Å². The first-order valence-corrected chi connectivity index (χ1v) is 12.4. The Morgan fingerprint density at radius 2 is 1.35 bits per heavy atom. The van der Waals surface area contributed by atoms with E-state index in [0.29, 0.717) is 36.8 Å². The lowest BCUT2D eigenvalue weighted by Gasteiger charge is -2.21. The number of carbonyl (C=O) groups excluding carboxylic acids is 1. The second-order valence-corrected chi connectivity index (χ2v) is 9.05. The molecule has 0 radical (unpaired) electrons. The van der Waals surface area contributed by atoms with Crippen LogP contribution in [0, 0.1) is 0 Å². The first-order chi connectivity index (χ1) is 18.1. The molecule has 37 heavy (non-hydrogen) atoms. The number of hydrogen-bond acceptors (Lipinski definition) is 5. The minimum atomic E-state index is -0.135. The second-order valence-electron chi connectivity index (χ2n) is 9.05. The summed E-state index contributed by atoms with van der Waals surface area (Å²) in [5, 5.41) is 0. The summed E-state index contributed by atoms with van der Waals surface area (Å²) in [6.45, 7) is 2.72. The Hall–Kier alpha value is -4.03. The molecule has 0 fully saturated rings. The molecule has 0 spiro atoms. The quantitative estimate of drug-likeness (QED) is 0.247. The largest absolute Gasteiger partial charge is 0.493 e. The fourth-order valence-corrected chi connectivity index (χ4v) is 4.27. The van der Waals surface area contributed by atoms with Gasteiger partial charge in [0, 0.05) is 26.7 Å². The average Bonchev–Trinajstić information content (AvgIpc) is 3.40. The fraction of sp³-hybridized carbons (Fsp3) is 0.258. The van der Waals surface area contributed by atoms with Crippen LogP contribution in [-0.2, 0) is 26.1 Å². The Morgan fingerprint density at radius 1 is 0.730 bits per heavy atom. The van der Waals surface area contributed by atoms with Crippen LogP contribution in [0.3, 0.4) is 0 Å². The van der Waals surface area contributed by atoms with Crippen molar-refractivity contribution in [2.45, 2.75) is 26.1 Å². The van der Waals surface area contributed by atoms with E-state index in [-0.39, 0.29) is 5.91 Å². The number of ether oxygens (including phenoxy) is 2. The zero-order valence-corrected chi connectivity index (χ0v) is 21.7. The molecular formula is C31H34N2O4. The number of nitrogens with zero attached hydrogens (tertiary/aromatic N) is 2. The monoisotopic (exact) mass is 498 g/mol. The molecule has 0 aliphatic heterocycles. The number of furan rings is 1. The minimum Gasteiger partial charge on any atom is -0.493 e. The Morgan fingerprint density at radius 3 is 1.95 bits per heavy atom. The topological polar surface area (TPSA) is 55.2 Å². The maximum Gasteiger partial charge on any atom is 0.289 e. The van der Waals surface area contributed by atoms with E-state index in [4.69, 9.17) is 13.9 Å². The van der Waals surface area contributed by atoms with E-state index in [2.05, 4.69) is 53.4 Å². The molecule has 3 aromatic carbocycles. The SMILES string of the molecule is COc1ccc(CCN(C)C(=O)c2ccc(CN(Cc3ccccc3)Cc3ccccc3)o2)cc1OC. The summed E-state index contributed by atoms with van der Waals surface area (Å²) in [5.41, 5.74) is 3.53. The number of rotatable bonds is 12. The third-order valence-electron chi connectivity index (χ3n) is 6.28. The van der Waals surface area contributed by atoms with Crippen LogP contribution in [0.5, 0.6) is 11.5 Å². The molecule has 0 N–H and O–H groups in total. The molecule has 0 saturated heterocycles. The summed E-state index contributed by atoms with van der Waals surface area (Å²) < 4.78 is 16.7. The minimum absolute atomic E-state index is 0.135. The van der Waals surface area contributed by atoms with Crippen molar-refractivity contribution in [3.05, 3.63) is 119 Å². The van der Waals surface area contributed by atoms with Crippen LogP contribution >= 0.6 is 0 Å². The number of likely N-dealkylation sites (N-methyl/N-ethyl adjacent to an activating group) is 1. The molecule has 4 rings (SSSR count). The second kappa shape index (κ2) is 12.8. The number of hydrogen-bond donors (Lipinski definition) is 0. The van der Waals surface area contributed by atoms with Gasteiger partial charge < -0.3 is 18.8 Å². The van der Waals surface area contributed by atoms with Crippen molar-refractivity contribution in [2.24, 2.45) is 0 Å². The zero-order valence-electron chi connectivity index (χ0n) is 21.7. The van der Waals surface area contributed by atoms with Gasteiger partial charge in [0.2, 0.25) is 0 Å². The van der Waals surface area contributed by atoms with Gasteiger partial charge in [0.05, 0.1) is 20.8 Å². The Balaban J connectivity index is 1.39. The van der Waals surface area contributed by atoms with E-state index in [1.54, 1.807) is 32.2 Å². The van der Waals surface area contributed by atoms with Crippen molar-refractivity contribution < 1.29 is 18.7 Å². The van der Waals surface area contributed by atoms with E-state index >= 15 is 0 Å². The molecule has 0 aliphatic rings. The van der Waals surface area contributed by atoms with Crippen molar-refractivity contribution in [1.29, 1.82) is 0 Å². The smallest absolute Gasteiger partial charge is 0.289 e. The fourth-order valence-electron chi connectivity index (χ4n) is 4.27. The molecule has 0 saturated carbocycles. The molecule has 1 aromatic heterocycles. The van der Waals surface area contributed by atoms with Crippen LogP contribution in [0.15, 0.2) is 95.4 Å². The van der Waals surface area contributed by atoms with Crippen molar-refractivity contribution in [2.75, 3.05) is 27.8 Å². The summed E-state index contributed by atoms with van der Waals surface area (Å²) in [6, 6.07) is 30.3.